The molecule has 0 N–H and O–H groups in total. The van der Waals surface area contributed by atoms with Crippen molar-refractivity contribution >= 4 is 44.1 Å². The Hall–Kier alpha value is -3.85. The average Bonchev–Trinajstić information content (AvgIpc) is 3.48. The Balaban J connectivity index is 1.68. The Labute approximate surface area is 178 Å². The lowest BCUT2D eigenvalue weighted by atomic mass is 9.82. The van der Waals surface area contributed by atoms with Gasteiger partial charge in [-0.2, -0.15) is 0 Å². The summed E-state index contributed by atoms with van der Waals surface area (Å²) in [5.74, 6) is 0.993. The molecule has 3 aromatic heterocycles. The molecule has 146 valence electrons. The van der Waals surface area contributed by atoms with E-state index in [0.29, 0.717) is 0 Å². The molecule has 0 spiro atoms. The molecule has 0 radical (unpaired) electrons. The number of hydrogen-bond donors (Lipinski definition) is 0. The van der Waals surface area contributed by atoms with Gasteiger partial charge in [0.25, 0.3) is 0 Å². The number of nitrogens with zero attached hydrogens (tertiary/aromatic N) is 3. The molecule has 0 fully saturated rings. The van der Waals surface area contributed by atoms with Crippen LogP contribution in [0.25, 0.3) is 55.3 Å². The molecule has 4 aromatic carbocycles. The third-order valence-electron chi connectivity index (χ3n) is 7.46. The largest absolute Gasteiger partial charge is 0.277 e. The second kappa shape index (κ2) is 4.89. The molecule has 31 heavy (non-hydrogen) atoms. The normalized spacial score (nSPS) is 15.0. The second-order valence-corrected chi connectivity index (χ2v) is 9.30. The number of aromatic nitrogens is 3. The lowest BCUT2D eigenvalue weighted by molar-refractivity contribution is 0.661. The Bertz CT molecular complexity index is 1860. The minimum absolute atomic E-state index is 0.00339. The zero-order chi connectivity index (χ0) is 20.5. The summed E-state index contributed by atoms with van der Waals surface area (Å²) in [5, 5.41) is 2.66. The van der Waals surface area contributed by atoms with Gasteiger partial charge in [0.05, 0.1) is 27.6 Å². The van der Waals surface area contributed by atoms with Crippen LogP contribution in [0.5, 0.6) is 0 Å². The maximum atomic E-state index is 5.05. The third kappa shape index (κ3) is 1.62. The average molecular weight is 397 g/mol. The SMILES string of the molecule is CC1(C)c2ccccc2-c2c1ccc1c2c2cccc3c2n1c1nc2ccccc2n31. The summed E-state index contributed by atoms with van der Waals surface area (Å²) in [6.45, 7) is 4.69. The fourth-order valence-corrected chi connectivity index (χ4v) is 6.12. The van der Waals surface area contributed by atoms with Gasteiger partial charge in [-0.1, -0.05) is 68.4 Å². The van der Waals surface area contributed by atoms with Gasteiger partial charge in [0.1, 0.15) is 0 Å². The summed E-state index contributed by atoms with van der Waals surface area (Å²) in [6.07, 6.45) is 0. The number of fused-ring (bicyclic) bond motifs is 12. The molecule has 0 bridgehead atoms. The van der Waals surface area contributed by atoms with Crippen LogP contribution in [0.3, 0.4) is 0 Å². The molecule has 1 aliphatic rings. The summed E-state index contributed by atoms with van der Waals surface area (Å²) in [4.78, 5) is 5.05. The highest BCUT2D eigenvalue weighted by atomic mass is 15.2. The molecule has 0 saturated heterocycles. The first kappa shape index (κ1) is 15.9. The van der Waals surface area contributed by atoms with Crippen LogP contribution in [0.2, 0.25) is 0 Å². The molecule has 0 aliphatic heterocycles. The Morgan fingerprint density at radius 1 is 0.677 bits per heavy atom. The number of benzene rings is 4. The lowest BCUT2D eigenvalue weighted by Crippen LogP contribution is -2.14. The molecule has 0 atom stereocenters. The van der Waals surface area contributed by atoms with Gasteiger partial charge in [-0.3, -0.25) is 8.80 Å². The van der Waals surface area contributed by atoms with Crippen LogP contribution in [0.4, 0.5) is 0 Å². The maximum absolute atomic E-state index is 5.05. The van der Waals surface area contributed by atoms with Gasteiger partial charge in [-0.25, -0.2) is 4.98 Å². The van der Waals surface area contributed by atoms with E-state index >= 15 is 0 Å². The highest BCUT2D eigenvalue weighted by Crippen LogP contribution is 2.53. The molecule has 3 nitrogen and oxygen atoms in total. The first-order valence-electron chi connectivity index (χ1n) is 10.8. The van der Waals surface area contributed by atoms with Crippen molar-refractivity contribution in [2.24, 2.45) is 0 Å². The molecule has 0 unspecified atom stereocenters. The summed E-state index contributed by atoms with van der Waals surface area (Å²) in [7, 11) is 0. The predicted molar refractivity (Wildman–Crippen MR) is 127 cm³/mol. The summed E-state index contributed by atoms with van der Waals surface area (Å²) >= 11 is 0. The van der Waals surface area contributed by atoms with Gasteiger partial charge in [0.15, 0.2) is 0 Å². The van der Waals surface area contributed by atoms with Gasteiger partial charge in [-0.15, -0.1) is 0 Å². The molecule has 1 aliphatic carbocycles. The van der Waals surface area contributed by atoms with E-state index in [0.717, 1.165) is 16.8 Å². The molecule has 0 amide bonds. The molecule has 0 saturated carbocycles. The highest BCUT2D eigenvalue weighted by molar-refractivity contribution is 6.21. The van der Waals surface area contributed by atoms with E-state index in [9.17, 15) is 0 Å². The second-order valence-electron chi connectivity index (χ2n) is 9.30. The van der Waals surface area contributed by atoms with Crippen LogP contribution >= 0.6 is 0 Å². The Kier molecular flexibility index (Phi) is 2.51. The molecule has 7 aromatic rings. The molecular weight excluding hydrogens is 378 g/mol. The van der Waals surface area contributed by atoms with Crippen molar-refractivity contribution < 1.29 is 0 Å². The smallest absolute Gasteiger partial charge is 0.220 e. The van der Waals surface area contributed by atoms with Crippen LogP contribution in [-0.2, 0) is 5.41 Å². The Morgan fingerprint density at radius 2 is 1.48 bits per heavy atom. The van der Waals surface area contributed by atoms with Crippen LogP contribution in [0, 0.1) is 0 Å². The maximum Gasteiger partial charge on any atom is 0.220 e. The minimum Gasteiger partial charge on any atom is -0.277 e. The first-order chi connectivity index (χ1) is 15.2. The zero-order valence-corrected chi connectivity index (χ0v) is 17.3. The van der Waals surface area contributed by atoms with Crippen molar-refractivity contribution in [3.63, 3.8) is 0 Å². The van der Waals surface area contributed by atoms with Gasteiger partial charge in [0, 0.05) is 16.2 Å². The Morgan fingerprint density at radius 3 is 2.42 bits per heavy atom. The topological polar surface area (TPSA) is 21.7 Å². The van der Waals surface area contributed by atoms with Crippen molar-refractivity contribution in [3.05, 3.63) is 90.0 Å². The molecule has 3 heteroatoms. The van der Waals surface area contributed by atoms with E-state index in [1.54, 1.807) is 0 Å². The van der Waals surface area contributed by atoms with Crippen LogP contribution in [0.1, 0.15) is 25.0 Å². The van der Waals surface area contributed by atoms with Gasteiger partial charge < -0.3 is 0 Å². The number of rotatable bonds is 0. The monoisotopic (exact) mass is 397 g/mol. The summed E-state index contributed by atoms with van der Waals surface area (Å²) < 4.78 is 4.68. The van der Waals surface area contributed by atoms with Crippen molar-refractivity contribution in [1.82, 2.24) is 13.8 Å². The third-order valence-corrected chi connectivity index (χ3v) is 7.46. The minimum atomic E-state index is 0.00339. The van der Waals surface area contributed by atoms with Gasteiger partial charge >= 0.3 is 0 Å². The first-order valence-corrected chi connectivity index (χ1v) is 10.8. The van der Waals surface area contributed by atoms with Crippen molar-refractivity contribution in [2.45, 2.75) is 19.3 Å². The highest BCUT2D eigenvalue weighted by Gasteiger charge is 2.37. The van der Waals surface area contributed by atoms with Crippen LogP contribution in [-0.4, -0.2) is 13.8 Å². The van der Waals surface area contributed by atoms with E-state index in [-0.39, 0.29) is 5.41 Å². The fraction of sp³-hybridized carbons (Fsp3) is 0.107. The van der Waals surface area contributed by atoms with E-state index < -0.39 is 0 Å². The van der Waals surface area contributed by atoms with E-state index in [2.05, 4.69) is 102 Å². The molecular formula is C28H19N3. The van der Waals surface area contributed by atoms with Gasteiger partial charge in [-0.05, 0) is 46.5 Å². The lowest BCUT2D eigenvalue weighted by Gasteiger charge is -2.21. The van der Waals surface area contributed by atoms with Crippen molar-refractivity contribution in [3.8, 4) is 11.1 Å². The predicted octanol–water partition coefficient (Wildman–Crippen LogP) is 6.79. The van der Waals surface area contributed by atoms with Crippen LogP contribution in [0.15, 0.2) is 78.9 Å². The molecule has 3 heterocycles. The quantitative estimate of drug-likeness (QED) is 0.276. The molecule has 8 rings (SSSR count). The summed E-state index contributed by atoms with van der Waals surface area (Å²) in [6, 6.07) is 28.7. The summed E-state index contributed by atoms with van der Waals surface area (Å²) in [5.41, 5.74) is 11.5. The van der Waals surface area contributed by atoms with E-state index in [1.807, 2.05) is 0 Å². The van der Waals surface area contributed by atoms with Crippen molar-refractivity contribution in [1.29, 1.82) is 0 Å². The van der Waals surface area contributed by atoms with Crippen molar-refractivity contribution in [2.75, 3.05) is 0 Å². The number of imidazole rings is 2. The number of para-hydroxylation sites is 3. The van der Waals surface area contributed by atoms with E-state index in [1.165, 1.54) is 49.6 Å². The standard InChI is InChI=1S/C28H19N3/c1-28(2)18-10-4-3-8-16(18)24-19(28)14-15-22-25(24)17-9-7-13-23-26(17)31(22)27-29-20-11-5-6-12-21(20)30(23)27/h3-15H,1-2H3. The fourth-order valence-electron chi connectivity index (χ4n) is 6.12. The number of hydrogen-bond acceptors (Lipinski definition) is 1. The van der Waals surface area contributed by atoms with Gasteiger partial charge in [0.2, 0.25) is 5.78 Å². The zero-order valence-electron chi connectivity index (χ0n) is 17.3. The van der Waals surface area contributed by atoms with E-state index in [4.69, 9.17) is 4.98 Å². The van der Waals surface area contributed by atoms with Crippen LogP contribution < -0.4 is 0 Å².